The minimum atomic E-state index is -0.779. The van der Waals surface area contributed by atoms with Gasteiger partial charge in [0.1, 0.15) is 17.1 Å². The Labute approximate surface area is 162 Å². The molecule has 0 aliphatic carbocycles. The Kier molecular flexibility index (Phi) is 5.17. The van der Waals surface area contributed by atoms with Crippen LogP contribution in [0.1, 0.15) is 16.7 Å². The third kappa shape index (κ3) is 3.46. The lowest BCUT2D eigenvalue weighted by Crippen LogP contribution is -2.54. The van der Waals surface area contributed by atoms with E-state index < -0.39 is 17.8 Å². The second-order valence-electron chi connectivity index (χ2n) is 6.36. The highest BCUT2D eigenvalue weighted by molar-refractivity contribution is 6.39. The van der Waals surface area contributed by atoms with Gasteiger partial charge in [-0.05, 0) is 55.3 Å². The Balaban J connectivity index is 2.10. The Morgan fingerprint density at radius 2 is 1.71 bits per heavy atom. The number of nitrogens with zero attached hydrogens (tertiary/aromatic N) is 1. The monoisotopic (exact) mass is 380 g/mol. The van der Waals surface area contributed by atoms with Crippen molar-refractivity contribution in [2.24, 2.45) is 0 Å². The van der Waals surface area contributed by atoms with E-state index in [0.717, 1.165) is 16.0 Å². The first-order chi connectivity index (χ1) is 13.3. The molecular weight excluding hydrogens is 360 g/mol. The summed E-state index contributed by atoms with van der Waals surface area (Å²) in [6.45, 7) is 3.65. The van der Waals surface area contributed by atoms with E-state index in [-0.39, 0.29) is 5.57 Å². The van der Waals surface area contributed by atoms with E-state index >= 15 is 0 Å². The predicted molar refractivity (Wildman–Crippen MR) is 104 cm³/mol. The minimum absolute atomic E-state index is 0.174. The van der Waals surface area contributed by atoms with Crippen molar-refractivity contribution in [1.82, 2.24) is 5.32 Å². The molecule has 7 heteroatoms. The summed E-state index contributed by atoms with van der Waals surface area (Å²) in [5.41, 5.74) is 2.36. The van der Waals surface area contributed by atoms with E-state index in [4.69, 9.17) is 9.47 Å². The molecule has 1 fully saturated rings. The number of benzene rings is 2. The second kappa shape index (κ2) is 7.56. The van der Waals surface area contributed by atoms with Gasteiger partial charge in [-0.3, -0.25) is 14.9 Å². The maximum atomic E-state index is 13.1. The van der Waals surface area contributed by atoms with Gasteiger partial charge in [0.05, 0.1) is 19.9 Å². The zero-order valence-electron chi connectivity index (χ0n) is 16.0. The standard InChI is InChI=1S/C21H20N2O5/c1-12-5-6-13(2)17(9-12)23-20(25)16(19(24)22-21(23)26)11-14-10-15(27-3)7-8-18(14)28-4/h5-11H,1-4H3,(H,22,24,26). The van der Waals surface area contributed by atoms with Gasteiger partial charge in [0.15, 0.2) is 0 Å². The van der Waals surface area contributed by atoms with Crippen LogP contribution in [0.3, 0.4) is 0 Å². The van der Waals surface area contributed by atoms with Crippen LogP contribution in [0.2, 0.25) is 0 Å². The molecule has 144 valence electrons. The predicted octanol–water partition coefficient (Wildman–Crippen LogP) is 2.99. The first kappa shape index (κ1) is 19.2. The van der Waals surface area contributed by atoms with Crippen LogP contribution in [0.4, 0.5) is 10.5 Å². The third-order valence-electron chi connectivity index (χ3n) is 4.44. The molecule has 2 aromatic carbocycles. The maximum Gasteiger partial charge on any atom is 0.335 e. The number of amides is 4. The molecule has 0 bridgehead atoms. The summed E-state index contributed by atoms with van der Waals surface area (Å²) in [6, 6.07) is 9.67. The number of rotatable bonds is 4. The number of barbiturate groups is 1. The lowest BCUT2D eigenvalue weighted by atomic mass is 10.0. The normalized spacial score (nSPS) is 15.6. The molecule has 7 nitrogen and oxygen atoms in total. The third-order valence-corrected chi connectivity index (χ3v) is 4.44. The fourth-order valence-corrected chi connectivity index (χ4v) is 2.94. The molecule has 0 spiro atoms. The zero-order chi connectivity index (χ0) is 20.4. The topological polar surface area (TPSA) is 84.9 Å². The van der Waals surface area contributed by atoms with Crippen LogP contribution < -0.4 is 19.7 Å². The SMILES string of the molecule is COc1ccc(OC)c(C=C2C(=O)NC(=O)N(c3cc(C)ccc3C)C2=O)c1. The van der Waals surface area contributed by atoms with Gasteiger partial charge < -0.3 is 9.47 Å². The number of anilines is 1. The fraction of sp³-hybridized carbons (Fsp3) is 0.190. The zero-order valence-corrected chi connectivity index (χ0v) is 16.0. The molecule has 1 N–H and O–H groups in total. The summed E-state index contributed by atoms with van der Waals surface area (Å²) in [6.07, 6.45) is 1.39. The number of methoxy groups -OCH3 is 2. The van der Waals surface area contributed by atoms with Crippen LogP contribution in [-0.4, -0.2) is 32.1 Å². The average Bonchev–Trinajstić information content (AvgIpc) is 2.67. The van der Waals surface area contributed by atoms with Crippen molar-refractivity contribution in [3.63, 3.8) is 0 Å². The molecule has 4 amide bonds. The Morgan fingerprint density at radius 3 is 2.39 bits per heavy atom. The molecule has 28 heavy (non-hydrogen) atoms. The molecule has 1 aliphatic heterocycles. The van der Waals surface area contributed by atoms with E-state index in [1.54, 1.807) is 31.2 Å². The summed E-state index contributed by atoms with van der Waals surface area (Å²) in [5, 5.41) is 2.23. The first-order valence-electron chi connectivity index (χ1n) is 8.56. The molecule has 3 rings (SSSR count). The quantitative estimate of drug-likeness (QED) is 0.651. The lowest BCUT2D eigenvalue weighted by molar-refractivity contribution is -0.122. The fourth-order valence-electron chi connectivity index (χ4n) is 2.94. The Bertz CT molecular complexity index is 1010. The Morgan fingerprint density at radius 1 is 0.964 bits per heavy atom. The number of carbonyl (C=O) groups is 3. The molecule has 0 atom stereocenters. The van der Waals surface area contributed by atoms with Crippen LogP contribution in [0.5, 0.6) is 11.5 Å². The second-order valence-corrected chi connectivity index (χ2v) is 6.36. The molecule has 0 aromatic heterocycles. The number of nitrogens with one attached hydrogen (secondary N) is 1. The molecule has 0 radical (unpaired) electrons. The number of hydrogen-bond acceptors (Lipinski definition) is 5. The summed E-state index contributed by atoms with van der Waals surface area (Å²) >= 11 is 0. The summed E-state index contributed by atoms with van der Waals surface area (Å²) in [4.78, 5) is 38.8. The van der Waals surface area contributed by atoms with Crippen molar-refractivity contribution in [3.8, 4) is 11.5 Å². The number of hydrogen-bond donors (Lipinski definition) is 1. The van der Waals surface area contributed by atoms with Crippen molar-refractivity contribution < 1.29 is 23.9 Å². The van der Waals surface area contributed by atoms with Crippen molar-refractivity contribution in [1.29, 1.82) is 0 Å². The summed E-state index contributed by atoms with van der Waals surface area (Å²) in [7, 11) is 3.00. The molecular formula is C21H20N2O5. The number of ether oxygens (including phenoxy) is 2. The highest BCUT2D eigenvalue weighted by atomic mass is 16.5. The van der Waals surface area contributed by atoms with E-state index in [0.29, 0.717) is 22.7 Å². The van der Waals surface area contributed by atoms with Crippen LogP contribution in [0, 0.1) is 13.8 Å². The number of carbonyl (C=O) groups excluding carboxylic acids is 3. The molecule has 1 saturated heterocycles. The van der Waals surface area contributed by atoms with Crippen molar-refractivity contribution >= 4 is 29.6 Å². The number of urea groups is 1. The maximum absolute atomic E-state index is 13.1. The van der Waals surface area contributed by atoms with E-state index in [1.807, 2.05) is 19.1 Å². The van der Waals surface area contributed by atoms with Gasteiger partial charge >= 0.3 is 6.03 Å². The van der Waals surface area contributed by atoms with E-state index in [1.165, 1.54) is 20.3 Å². The van der Waals surface area contributed by atoms with Gasteiger partial charge in [-0.25, -0.2) is 9.69 Å². The molecule has 0 saturated carbocycles. The average molecular weight is 380 g/mol. The van der Waals surface area contributed by atoms with Gasteiger partial charge in [0, 0.05) is 5.56 Å². The van der Waals surface area contributed by atoms with Crippen LogP contribution in [0.15, 0.2) is 42.0 Å². The Hall–Kier alpha value is -3.61. The van der Waals surface area contributed by atoms with Crippen molar-refractivity contribution in [2.45, 2.75) is 13.8 Å². The van der Waals surface area contributed by atoms with Gasteiger partial charge in [0.2, 0.25) is 0 Å². The van der Waals surface area contributed by atoms with Gasteiger partial charge in [-0.1, -0.05) is 12.1 Å². The molecule has 1 aliphatic rings. The van der Waals surface area contributed by atoms with Gasteiger partial charge in [-0.2, -0.15) is 0 Å². The van der Waals surface area contributed by atoms with E-state index in [2.05, 4.69) is 5.32 Å². The smallest absolute Gasteiger partial charge is 0.335 e. The summed E-state index contributed by atoms with van der Waals surface area (Å²) in [5.74, 6) is -0.461. The molecule has 1 heterocycles. The van der Waals surface area contributed by atoms with Gasteiger partial charge in [0.25, 0.3) is 11.8 Å². The van der Waals surface area contributed by atoms with Crippen molar-refractivity contribution in [3.05, 3.63) is 58.7 Å². The highest BCUT2D eigenvalue weighted by Gasteiger charge is 2.37. The number of aryl methyl sites for hydroxylation is 2. The lowest BCUT2D eigenvalue weighted by Gasteiger charge is -2.28. The minimum Gasteiger partial charge on any atom is -0.497 e. The highest BCUT2D eigenvalue weighted by Crippen LogP contribution is 2.29. The number of imide groups is 2. The van der Waals surface area contributed by atoms with Crippen LogP contribution in [0.25, 0.3) is 6.08 Å². The van der Waals surface area contributed by atoms with E-state index in [9.17, 15) is 14.4 Å². The molecule has 2 aromatic rings. The van der Waals surface area contributed by atoms with Crippen LogP contribution in [-0.2, 0) is 9.59 Å². The molecule has 0 unspecified atom stereocenters. The first-order valence-corrected chi connectivity index (χ1v) is 8.56. The van der Waals surface area contributed by atoms with Crippen molar-refractivity contribution in [2.75, 3.05) is 19.1 Å². The summed E-state index contributed by atoms with van der Waals surface area (Å²) < 4.78 is 10.5. The van der Waals surface area contributed by atoms with Crippen LogP contribution >= 0.6 is 0 Å². The largest absolute Gasteiger partial charge is 0.497 e. The van der Waals surface area contributed by atoms with Gasteiger partial charge in [-0.15, -0.1) is 0 Å².